The highest BCUT2D eigenvalue weighted by atomic mass is 19.1. The molecule has 12 nitrogen and oxygen atoms in total. The lowest BCUT2D eigenvalue weighted by Crippen LogP contribution is -2.43. The number of fused-ring (bicyclic) bond motifs is 1. The number of unbranched alkanes of at least 4 members (excludes halogenated alkanes) is 1. The van der Waals surface area contributed by atoms with Gasteiger partial charge in [-0.05, 0) is 76.5 Å². The second kappa shape index (κ2) is 18.2. The van der Waals surface area contributed by atoms with E-state index in [1.54, 1.807) is 19.9 Å². The van der Waals surface area contributed by atoms with Gasteiger partial charge in [-0.15, -0.1) is 0 Å². The summed E-state index contributed by atoms with van der Waals surface area (Å²) in [7, 11) is 0. The molecule has 3 N–H and O–H groups in total. The molecule has 252 valence electrons. The van der Waals surface area contributed by atoms with Crippen LogP contribution in [0.15, 0.2) is 18.2 Å². The number of benzene rings is 1. The summed E-state index contributed by atoms with van der Waals surface area (Å²) in [5.74, 6) is -1.61. The zero-order valence-electron chi connectivity index (χ0n) is 27.4. The lowest BCUT2D eigenvalue weighted by Gasteiger charge is -2.25. The molecule has 0 radical (unpaired) electrons. The minimum Gasteiger partial charge on any atom is -0.449 e. The molecule has 4 amide bonds. The number of carbonyl (C=O) groups is 4. The highest BCUT2D eigenvalue weighted by Gasteiger charge is 2.30. The molecular formula is C33H46FN5O7. The number of carbonyl (C=O) groups excluding carboxylic acids is 4. The average Bonchev–Trinajstić information content (AvgIpc) is 3.49. The van der Waals surface area contributed by atoms with Crippen LogP contribution in [-0.2, 0) is 23.8 Å². The van der Waals surface area contributed by atoms with Gasteiger partial charge in [0.2, 0.25) is 5.91 Å². The highest BCUT2D eigenvalue weighted by Crippen LogP contribution is 2.34. The molecule has 0 unspecified atom stereocenters. The highest BCUT2D eigenvalue weighted by molar-refractivity contribution is 6.35. The maximum absolute atomic E-state index is 14.0. The van der Waals surface area contributed by atoms with E-state index >= 15 is 0 Å². The van der Waals surface area contributed by atoms with Gasteiger partial charge in [-0.2, -0.15) is 0 Å². The molecule has 0 saturated carbocycles. The molecule has 2 aromatic rings. The number of nitrogens with one attached hydrogen (secondary N) is 3. The zero-order valence-corrected chi connectivity index (χ0v) is 27.4. The van der Waals surface area contributed by atoms with E-state index in [0.29, 0.717) is 79.5 Å². The largest absolute Gasteiger partial charge is 0.449 e. The Balaban J connectivity index is 1.65. The van der Waals surface area contributed by atoms with Crippen molar-refractivity contribution < 1.29 is 37.8 Å². The van der Waals surface area contributed by atoms with Crippen molar-refractivity contribution in [1.29, 1.82) is 0 Å². The predicted molar refractivity (Wildman–Crippen MR) is 173 cm³/mol. The van der Waals surface area contributed by atoms with Gasteiger partial charge in [-0.1, -0.05) is 13.8 Å². The van der Waals surface area contributed by atoms with E-state index in [-0.39, 0.29) is 37.1 Å². The van der Waals surface area contributed by atoms with Gasteiger partial charge in [0.25, 0.3) is 11.8 Å². The Kier molecular flexibility index (Phi) is 14.4. The maximum atomic E-state index is 14.0. The van der Waals surface area contributed by atoms with Crippen LogP contribution in [0.3, 0.4) is 0 Å². The molecule has 0 atom stereocenters. The Labute approximate surface area is 269 Å². The van der Waals surface area contributed by atoms with E-state index < -0.39 is 17.8 Å². The molecule has 0 bridgehead atoms. The summed E-state index contributed by atoms with van der Waals surface area (Å²) < 4.78 is 29.9. The Hall–Kier alpha value is -4.07. The second-order valence-corrected chi connectivity index (χ2v) is 10.8. The molecule has 1 aromatic heterocycles. The van der Waals surface area contributed by atoms with Gasteiger partial charge in [-0.25, -0.2) is 14.1 Å². The van der Waals surface area contributed by atoms with Gasteiger partial charge in [0, 0.05) is 48.9 Å². The summed E-state index contributed by atoms with van der Waals surface area (Å²) in [6.45, 7) is 13.2. The number of likely N-dealkylation sites (N-methyl/N-ethyl adjacent to an activating group) is 1. The number of amides is 4. The summed E-state index contributed by atoms with van der Waals surface area (Å²) in [5.41, 5.74) is 3.07. The third-order valence-electron chi connectivity index (χ3n) is 7.67. The smallest absolute Gasteiger partial charge is 0.416 e. The van der Waals surface area contributed by atoms with E-state index in [4.69, 9.17) is 14.2 Å². The van der Waals surface area contributed by atoms with Crippen molar-refractivity contribution >= 4 is 41.2 Å². The Morgan fingerprint density at radius 2 is 1.74 bits per heavy atom. The van der Waals surface area contributed by atoms with Crippen molar-refractivity contribution in [1.82, 2.24) is 20.1 Å². The standard InChI is InChI=1S/C33H46FN5O7/c1-6-38(7-2)14-15-39(33(43)46-16-10-9-13-35-29(40)21-45-18-17-44-8-3)32(42)30-22(4)28(36-23(30)5)20-26-25-19-24(34)11-12-27(25)37-31(26)41/h11-12,19-20,36H,6-10,13-18,21H2,1-5H3,(H,35,40)(H,37,41)/b26-20-. The normalized spacial score (nSPS) is 13.2. The maximum Gasteiger partial charge on any atom is 0.416 e. The third-order valence-corrected chi connectivity index (χ3v) is 7.67. The topological polar surface area (TPSA) is 142 Å². The van der Waals surface area contributed by atoms with Gasteiger partial charge in [0.15, 0.2) is 0 Å². The quantitative estimate of drug-likeness (QED) is 0.163. The van der Waals surface area contributed by atoms with Crippen molar-refractivity contribution in [2.45, 2.75) is 47.5 Å². The molecular weight excluding hydrogens is 597 g/mol. The van der Waals surface area contributed by atoms with Crippen molar-refractivity contribution in [2.75, 3.05) is 71.1 Å². The van der Waals surface area contributed by atoms with Crippen LogP contribution < -0.4 is 10.6 Å². The number of anilines is 1. The van der Waals surface area contributed by atoms with Crippen molar-refractivity contribution in [2.24, 2.45) is 0 Å². The van der Waals surface area contributed by atoms with Crippen molar-refractivity contribution in [3.05, 3.63) is 52.1 Å². The molecule has 0 aliphatic carbocycles. The number of hydrogen-bond acceptors (Lipinski definition) is 8. The number of aromatic nitrogens is 1. The number of aryl methyl sites for hydroxylation is 1. The third kappa shape index (κ3) is 9.96. The fourth-order valence-electron chi connectivity index (χ4n) is 5.05. The molecule has 1 aromatic carbocycles. The van der Waals surface area contributed by atoms with Crippen molar-refractivity contribution in [3.63, 3.8) is 0 Å². The first kappa shape index (κ1) is 36.4. The molecule has 2 heterocycles. The molecule has 13 heteroatoms. The number of nitrogens with zero attached hydrogens (tertiary/aromatic N) is 2. The SMILES string of the molecule is CCOCCOCC(=O)NCCCCOC(=O)N(CCN(CC)CC)C(=O)c1c(C)[nH]c(/C=C2\C(=O)Nc3ccc(F)cc32)c1C. The van der Waals surface area contributed by atoms with E-state index in [9.17, 15) is 23.6 Å². The molecule has 1 aliphatic heterocycles. The molecule has 1 aliphatic rings. The molecule has 0 fully saturated rings. The molecule has 0 spiro atoms. The van der Waals surface area contributed by atoms with E-state index in [1.165, 1.54) is 18.2 Å². The van der Waals surface area contributed by atoms with E-state index in [2.05, 4.69) is 20.5 Å². The van der Waals surface area contributed by atoms with Gasteiger partial charge in [-0.3, -0.25) is 14.4 Å². The lowest BCUT2D eigenvalue weighted by molar-refractivity contribution is -0.126. The fourth-order valence-corrected chi connectivity index (χ4v) is 5.05. The predicted octanol–water partition coefficient (Wildman–Crippen LogP) is 4.13. The van der Waals surface area contributed by atoms with Crippen LogP contribution in [0.1, 0.15) is 66.5 Å². The number of halogens is 1. The number of imide groups is 1. The van der Waals surface area contributed by atoms with Gasteiger partial charge in [0.05, 0.1) is 31.0 Å². The minimum absolute atomic E-state index is 0.0541. The van der Waals surface area contributed by atoms with E-state index in [0.717, 1.165) is 18.0 Å². The van der Waals surface area contributed by atoms with Crippen LogP contribution in [0.2, 0.25) is 0 Å². The Bertz CT molecular complexity index is 1400. The Morgan fingerprint density at radius 3 is 2.46 bits per heavy atom. The summed E-state index contributed by atoms with van der Waals surface area (Å²) in [4.78, 5) is 58.1. The number of aromatic amines is 1. The van der Waals surface area contributed by atoms with Crippen LogP contribution >= 0.6 is 0 Å². The summed E-state index contributed by atoms with van der Waals surface area (Å²) in [5, 5.41) is 5.48. The van der Waals surface area contributed by atoms with Gasteiger partial charge in [0.1, 0.15) is 12.4 Å². The number of ether oxygens (including phenoxy) is 3. The second-order valence-electron chi connectivity index (χ2n) is 10.8. The van der Waals surface area contributed by atoms with Gasteiger partial charge >= 0.3 is 6.09 Å². The lowest BCUT2D eigenvalue weighted by atomic mass is 10.0. The molecule has 46 heavy (non-hydrogen) atoms. The zero-order chi connectivity index (χ0) is 33.6. The fraction of sp³-hybridized carbons (Fsp3) is 0.515. The van der Waals surface area contributed by atoms with Crippen LogP contribution in [-0.4, -0.2) is 104 Å². The van der Waals surface area contributed by atoms with Crippen LogP contribution in [0, 0.1) is 19.7 Å². The van der Waals surface area contributed by atoms with E-state index in [1.807, 2.05) is 20.8 Å². The van der Waals surface area contributed by atoms with Crippen LogP contribution in [0.4, 0.5) is 14.9 Å². The Morgan fingerprint density at radius 1 is 1.00 bits per heavy atom. The van der Waals surface area contributed by atoms with Crippen LogP contribution in [0.5, 0.6) is 0 Å². The first-order valence-electron chi connectivity index (χ1n) is 15.8. The van der Waals surface area contributed by atoms with Crippen LogP contribution in [0.25, 0.3) is 11.6 Å². The number of H-pyrrole nitrogens is 1. The summed E-state index contributed by atoms with van der Waals surface area (Å²) in [6, 6.07) is 4.06. The first-order valence-corrected chi connectivity index (χ1v) is 15.8. The number of hydrogen-bond donors (Lipinski definition) is 3. The van der Waals surface area contributed by atoms with Gasteiger partial charge < -0.3 is 34.7 Å². The summed E-state index contributed by atoms with van der Waals surface area (Å²) >= 11 is 0. The minimum atomic E-state index is -0.761. The number of rotatable bonds is 18. The average molecular weight is 644 g/mol. The molecule has 0 saturated heterocycles. The summed E-state index contributed by atoms with van der Waals surface area (Å²) in [6.07, 6.45) is 1.88. The van der Waals surface area contributed by atoms with Crippen molar-refractivity contribution in [3.8, 4) is 0 Å². The monoisotopic (exact) mass is 643 g/mol. The molecule has 3 rings (SSSR count). The first-order chi connectivity index (χ1) is 22.1.